The summed E-state index contributed by atoms with van der Waals surface area (Å²) in [7, 11) is 2.06. The zero-order chi connectivity index (χ0) is 17.2. The van der Waals surface area contributed by atoms with E-state index >= 15 is 0 Å². The number of nitrogens with one attached hydrogen (secondary N) is 1. The van der Waals surface area contributed by atoms with Gasteiger partial charge in [-0.15, -0.1) is 0 Å². The highest BCUT2D eigenvalue weighted by molar-refractivity contribution is 5.85. The van der Waals surface area contributed by atoms with Crippen molar-refractivity contribution in [2.75, 3.05) is 0 Å². The van der Waals surface area contributed by atoms with Gasteiger partial charge in [0.15, 0.2) is 0 Å². The number of aromatic nitrogens is 1. The van der Waals surface area contributed by atoms with Crippen molar-refractivity contribution in [3.63, 3.8) is 0 Å². The van der Waals surface area contributed by atoms with Crippen molar-refractivity contribution in [1.29, 1.82) is 0 Å². The number of amides is 1. The third kappa shape index (κ3) is 3.19. The Hall–Kier alpha value is -2.55. The summed E-state index contributed by atoms with van der Waals surface area (Å²) < 4.78 is 2.14. The Morgan fingerprint density at radius 2 is 1.96 bits per heavy atom. The van der Waals surface area contributed by atoms with Crippen LogP contribution >= 0.6 is 0 Å². The molecule has 1 unspecified atom stereocenters. The second-order valence-electron chi connectivity index (χ2n) is 6.99. The van der Waals surface area contributed by atoms with Gasteiger partial charge in [-0.1, -0.05) is 42.5 Å². The number of aryl methyl sites for hydroxylation is 3. The van der Waals surface area contributed by atoms with Crippen LogP contribution < -0.4 is 5.32 Å². The predicted molar refractivity (Wildman–Crippen MR) is 102 cm³/mol. The molecular formula is C22H24N2O. The number of carbonyl (C=O) groups excluding carboxylic acids is 1. The van der Waals surface area contributed by atoms with E-state index in [9.17, 15) is 4.79 Å². The summed E-state index contributed by atoms with van der Waals surface area (Å²) in [6, 6.07) is 17.0. The molecule has 1 aliphatic carbocycles. The highest BCUT2D eigenvalue weighted by atomic mass is 16.1. The zero-order valence-electron chi connectivity index (χ0n) is 14.7. The minimum Gasteiger partial charge on any atom is -0.350 e. The number of carbonyl (C=O) groups is 1. The lowest BCUT2D eigenvalue weighted by Gasteiger charge is -2.26. The van der Waals surface area contributed by atoms with E-state index < -0.39 is 0 Å². The molecule has 1 atom stereocenters. The van der Waals surface area contributed by atoms with E-state index in [4.69, 9.17) is 0 Å². The fourth-order valence-corrected chi connectivity index (χ4v) is 4.04. The molecule has 1 aliphatic rings. The molecular weight excluding hydrogens is 308 g/mol. The molecule has 4 rings (SSSR count). The fourth-order valence-electron chi connectivity index (χ4n) is 4.04. The predicted octanol–water partition coefficient (Wildman–Crippen LogP) is 4.30. The minimum absolute atomic E-state index is 0.148. The number of benzene rings is 2. The molecule has 128 valence electrons. The first kappa shape index (κ1) is 15.9. The first-order chi connectivity index (χ1) is 12.2. The molecule has 1 amide bonds. The number of hydrogen-bond donors (Lipinski definition) is 1. The van der Waals surface area contributed by atoms with Crippen molar-refractivity contribution in [2.45, 2.75) is 38.1 Å². The highest BCUT2D eigenvalue weighted by Crippen LogP contribution is 2.29. The van der Waals surface area contributed by atoms with Crippen LogP contribution in [0.25, 0.3) is 10.9 Å². The van der Waals surface area contributed by atoms with Gasteiger partial charge in [0.1, 0.15) is 0 Å². The molecule has 3 aromatic rings. The zero-order valence-corrected chi connectivity index (χ0v) is 14.7. The third-order valence-corrected chi connectivity index (χ3v) is 5.31. The van der Waals surface area contributed by atoms with E-state index in [-0.39, 0.29) is 11.9 Å². The summed E-state index contributed by atoms with van der Waals surface area (Å²) in [6.07, 6.45) is 6.77. The van der Waals surface area contributed by atoms with E-state index in [0.717, 1.165) is 25.7 Å². The van der Waals surface area contributed by atoms with Gasteiger partial charge in [0, 0.05) is 30.6 Å². The third-order valence-electron chi connectivity index (χ3n) is 5.31. The topological polar surface area (TPSA) is 34.0 Å². The Bertz CT molecular complexity index is 909. The molecule has 3 nitrogen and oxygen atoms in total. The molecule has 0 saturated heterocycles. The van der Waals surface area contributed by atoms with Gasteiger partial charge in [0.05, 0.1) is 6.04 Å². The van der Waals surface area contributed by atoms with Gasteiger partial charge in [-0.2, -0.15) is 0 Å². The maximum atomic E-state index is 12.5. The monoisotopic (exact) mass is 332 g/mol. The number of nitrogens with zero attached hydrogens (tertiary/aromatic N) is 1. The summed E-state index contributed by atoms with van der Waals surface area (Å²) in [5, 5.41) is 4.51. The first-order valence-corrected chi connectivity index (χ1v) is 9.12. The Labute approximate surface area is 148 Å². The largest absolute Gasteiger partial charge is 0.350 e. The fraction of sp³-hybridized carbons (Fsp3) is 0.318. The summed E-state index contributed by atoms with van der Waals surface area (Å²) in [6.45, 7) is 0. The van der Waals surface area contributed by atoms with Gasteiger partial charge < -0.3 is 9.88 Å². The van der Waals surface area contributed by atoms with Gasteiger partial charge >= 0.3 is 0 Å². The second-order valence-corrected chi connectivity index (χ2v) is 6.99. The van der Waals surface area contributed by atoms with Crippen LogP contribution in [0.1, 0.15) is 42.0 Å². The molecule has 25 heavy (non-hydrogen) atoms. The molecule has 0 saturated carbocycles. The number of fused-ring (bicyclic) bond motifs is 2. The molecule has 0 spiro atoms. The maximum Gasteiger partial charge on any atom is 0.220 e. The lowest BCUT2D eigenvalue weighted by Crippen LogP contribution is -2.31. The molecule has 0 aliphatic heterocycles. The smallest absolute Gasteiger partial charge is 0.220 e. The molecule has 0 fully saturated rings. The van der Waals surface area contributed by atoms with Crippen LogP contribution in [-0.4, -0.2) is 10.5 Å². The van der Waals surface area contributed by atoms with Crippen molar-refractivity contribution in [3.05, 3.63) is 71.4 Å². The normalized spacial score (nSPS) is 16.6. The van der Waals surface area contributed by atoms with E-state index in [1.165, 1.54) is 27.6 Å². The van der Waals surface area contributed by atoms with Crippen molar-refractivity contribution >= 4 is 16.8 Å². The first-order valence-electron chi connectivity index (χ1n) is 9.12. The summed E-state index contributed by atoms with van der Waals surface area (Å²) in [5.41, 5.74) is 5.15. The molecule has 2 aromatic carbocycles. The summed E-state index contributed by atoms with van der Waals surface area (Å²) in [4.78, 5) is 12.5. The molecule has 0 radical (unpaired) electrons. The number of para-hydroxylation sites is 1. The van der Waals surface area contributed by atoms with Crippen LogP contribution in [-0.2, 0) is 24.7 Å². The van der Waals surface area contributed by atoms with Gasteiger partial charge in [-0.25, -0.2) is 0 Å². The minimum atomic E-state index is 0.148. The molecule has 0 bridgehead atoms. The van der Waals surface area contributed by atoms with Crippen molar-refractivity contribution in [3.8, 4) is 0 Å². The van der Waals surface area contributed by atoms with E-state index in [1.54, 1.807) is 0 Å². The SMILES string of the molecule is Cn1cc(CCC(=O)NC2CCCc3ccccc32)c2ccccc21. The van der Waals surface area contributed by atoms with Gasteiger partial charge in [-0.3, -0.25) is 4.79 Å². The van der Waals surface area contributed by atoms with Crippen LogP contribution in [0.15, 0.2) is 54.7 Å². The average molecular weight is 332 g/mol. The van der Waals surface area contributed by atoms with E-state index in [2.05, 4.69) is 71.7 Å². The second kappa shape index (κ2) is 6.75. The number of hydrogen-bond acceptors (Lipinski definition) is 1. The quantitative estimate of drug-likeness (QED) is 0.759. The summed E-state index contributed by atoms with van der Waals surface area (Å²) >= 11 is 0. The average Bonchev–Trinajstić information content (AvgIpc) is 2.97. The standard InChI is InChI=1S/C22H24N2O/c1-24-15-17(19-10-4-5-12-21(19)24)13-14-22(25)23-20-11-6-8-16-7-2-3-9-18(16)20/h2-5,7,9-10,12,15,20H,6,8,11,13-14H2,1H3,(H,23,25). The summed E-state index contributed by atoms with van der Waals surface area (Å²) in [5.74, 6) is 0.148. The van der Waals surface area contributed by atoms with Crippen molar-refractivity contribution < 1.29 is 4.79 Å². The van der Waals surface area contributed by atoms with Gasteiger partial charge in [0.2, 0.25) is 5.91 Å². The molecule has 3 heteroatoms. The Morgan fingerprint density at radius 3 is 2.88 bits per heavy atom. The Kier molecular flexibility index (Phi) is 4.31. The lowest BCUT2D eigenvalue weighted by atomic mass is 9.87. The molecule has 1 heterocycles. The van der Waals surface area contributed by atoms with Crippen LogP contribution in [0, 0.1) is 0 Å². The van der Waals surface area contributed by atoms with Crippen molar-refractivity contribution in [1.82, 2.24) is 9.88 Å². The molecule has 1 aromatic heterocycles. The van der Waals surface area contributed by atoms with Crippen molar-refractivity contribution in [2.24, 2.45) is 7.05 Å². The Morgan fingerprint density at radius 1 is 1.16 bits per heavy atom. The lowest BCUT2D eigenvalue weighted by molar-refractivity contribution is -0.121. The van der Waals surface area contributed by atoms with Crippen LogP contribution in [0.5, 0.6) is 0 Å². The number of rotatable bonds is 4. The highest BCUT2D eigenvalue weighted by Gasteiger charge is 2.21. The Balaban J connectivity index is 1.43. The van der Waals surface area contributed by atoms with Crippen LogP contribution in [0.3, 0.4) is 0 Å². The van der Waals surface area contributed by atoms with Crippen LogP contribution in [0.2, 0.25) is 0 Å². The van der Waals surface area contributed by atoms with E-state index in [0.29, 0.717) is 6.42 Å². The van der Waals surface area contributed by atoms with Crippen LogP contribution in [0.4, 0.5) is 0 Å². The van der Waals surface area contributed by atoms with Gasteiger partial charge in [-0.05, 0) is 48.4 Å². The maximum absolute atomic E-state index is 12.5. The van der Waals surface area contributed by atoms with E-state index in [1.807, 2.05) is 0 Å². The van der Waals surface area contributed by atoms with Gasteiger partial charge in [0.25, 0.3) is 0 Å². The molecule has 1 N–H and O–H groups in total.